The summed E-state index contributed by atoms with van der Waals surface area (Å²) >= 11 is 1.37. The van der Waals surface area contributed by atoms with E-state index in [4.69, 9.17) is 0 Å². The number of hydrogen-bond donors (Lipinski definition) is 1. The number of carbonyl (C=O) groups is 1. The van der Waals surface area contributed by atoms with Crippen LogP contribution < -0.4 is 5.32 Å². The lowest BCUT2D eigenvalue weighted by atomic mass is 10.0. The maximum Gasteiger partial charge on any atom is 0.230 e. The molecule has 1 N–H and O–H groups in total. The largest absolute Gasteiger partial charge is 0.349 e. The fourth-order valence-corrected chi connectivity index (χ4v) is 3.80. The third-order valence-electron chi connectivity index (χ3n) is 4.53. The van der Waals surface area contributed by atoms with Gasteiger partial charge in [-0.15, -0.1) is 10.2 Å². The monoisotopic (exact) mass is 388 g/mol. The molecule has 1 unspecified atom stereocenters. The highest BCUT2D eigenvalue weighted by molar-refractivity contribution is 7.99. The summed E-state index contributed by atoms with van der Waals surface area (Å²) in [5.41, 5.74) is 2.06. The topological polar surface area (TPSA) is 59.8 Å². The van der Waals surface area contributed by atoms with E-state index in [2.05, 4.69) is 45.8 Å². The van der Waals surface area contributed by atoms with Crippen LogP contribution in [0.25, 0.3) is 16.5 Å². The van der Waals surface area contributed by atoms with E-state index in [1.165, 1.54) is 22.5 Å². The van der Waals surface area contributed by atoms with Gasteiger partial charge < -0.3 is 5.32 Å². The predicted molar refractivity (Wildman–Crippen MR) is 113 cm³/mol. The Morgan fingerprint density at radius 1 is 1.04 bits per heavy atom. The van der Waals surface area contributed by atoms with Crippen molar-refractivity contribution < 1.29 is 4.79 Å². The van der Waals surface area contributed by atoms with Gasteiger partial charge in [-0.2, -0.15) is 0 Å². The first-order chi connectivity index (χ1) is 13.7. The lowest BCUT2D eigenvalue weighted by Crippen LogP contribution is -2.28. The number of para-hydroxylation sites is 1. The summed E-state index contributed by atoms with van der Waals surface area (Å²) in [7, 11) is 0. The van der Waals surface area contributed by atoms with Crippen LogP contribution in [0.2, 0.25) is 0 Å². The molecule has 140 valence electrons. The SMILES string of the molecule is CC(NC(=O)CSc1nncn1-c1ccccc1)c1ccc2ccccc2c1. The van der Waals surface area contributed by atoms with Crippen molar-refractivity contribution in [3.63, 3.8) is 0 Å². The molecule has 0 spiro atoms. The summed E-state index contributed by atoms with van der Waals surface area (Å²) < 4.78 is 1.88. The minimum atomic E-state index is -0.0651. The van der Waals surface area contributed by atoms with Crippen molar-refractivity contribution in [2.24, 2.45) is 0 Å². The molecule has 0 bridgehead atoms. The minimum absolute atomic E-state index is 0.0340. The van der Waals surface area contributed by atoms with Crippen molar-refractivity contribution in [3.8, 4) is 5.69 Å². The molecule has 0 saturated carbocycles. The molecule has 28 heavy (non-hydrogen) atoms. The van der Waals surface area contributed by atoms with Gasteiger partial charge in [0.1, 0.15) is 6.33 Å². The summed E-state index contributed by atoms with van der Waals surface area (Å²) in [6.45, 7) is 2.00. The average Bonchev–Trinajstić information content (AvgIpc) is 3.21. The zero-order valence-corrected chi connectivity index (χ0v) is 16.3. The first kappa shape index (κ1) is 18.3. The first-order valence-electron chi connectivity index (χ1n) is 9.07. The van der Waals surface area contributed by atoms with E-state index in [1.54, 1.807) is 6.33 Å². The number of nitrogens with zero attached hydrogens (tertiary/aromatic N) is 3. The van der Waals surface area contributed by atoms with Crippen LogP contribution in [-0.2, 0) is 4.79 Å². The predicted octanol–water partition coefficient (Wildman–Crippen LogP) is 4.39. The Morgan fingerprint density at radius 2 is 1.79 bits per heavy atom. The van der Waals surface area contributed by atoms with Crippen molar-refractivity contribution in [2.45, 2.75) is 18.1 Å². The quantitative estimate of drug-likeness (QED) is 0.498. The van der Waals surface area contributed by atoms with Crippen LogP contribution in [0.1, 0.15) is 18.5 Å². The van der Waals surface area contributed by atoms with Crippen LogP contribution in [0, 0.1) is 0 Å². The standard InChI is InChI=1S/C22H20N4OS/c1-16(18-12-11-17-7-5-6-8-19(17)13-18)24-21(27)14-28-22-25-23-15-26(22)20-9-3-2-4-10-20/h2-13,15-16H,14H2,1H3,(H,24,27). The van der Waals surface area contributed by atoms with Crippen molar-refractivity contribution in [2.75, 3.05) is 5.75 Å². The van der Waals surface area contributed by atoms with E-state index in [9.17, 15) is 4.79 Å². The molecule has 4 aromatic rings. The van der Waals surface area contributed by atoms with Crippen LogP contribution in [-0.4, -0.2) is 26.4 Å². The Balaban J connectivity index is 1.39. The van der Waals surface area contributed by atoms with Gasteiger partial charge in [-0.05, 0) is 41.5 Å². The molecule has 5 nitrogen and oxygen atoms in total. The molecule has 1 aromatic heterocycles. The Morgan fingerprint density at radius 3 is 2.61 bits per heavy atom. The Labute approximate surface area is 167 Å². The maximum atomic E-state index is 12.4. The lowest BCUT2D eigenvalue weighted by Gasteiger charge is -2.15. The van der Waals surface area contributed by atoms with Crippen LogP contribution in [0.3, 0.4) is 0 Å². The number of hydrogen-bond acceptors (Lipinski definition) is 4. The molecule has 3 aromatic carbocycles. The fourth-order valence-electron chi connectivity index (χ4n) is 3.06. The summed E-state index contributed by atoms with van der Waals surface area (Å²) in [6, 6.07) is 24.3. The molecule has 6 heteroatoms. The normalized spacial score (nSPS) is 12.0. The van der Waals surface area contributed by atoms with Crippen molar-refractivity contribution in [3.05, 3.63) is 84.7 Å². The third-order valence-corrected chi connectivity index (χ3v) is 5.48. The third kappa shape index (κ3) is 4.07. The number of amides is 1. The fraction of sp³-hybridized carbons (Fsp3) is 0.136. The minimum Gasteiger partial charge on any atom is -0.349 e. The van der Waals surface area contributed by atoms with E-state index in [0.717, 1.165) is 11.3 Å². The molecular weight excluding hydrogens is 368 g/mol. The zero-order valence-electron chi connectivity index (χ0n) is 15.4. The Bertz CT molecular complexity index is 1090. The molecule has 0 aliphatic carbocycles. The van der Waals surface area contributed by atoms with Gasteiger partial charge >= 0.3 is 0 Å². The van der Waals surface area contributed by atoms with E-state index in [0.29, 0.717) is 5.16 Å². The summed E-state index contributed by atoms with van der Waals surface area (Å²) in [5, 5.41) is 14.2. The first-order valence-corrected chi connectivity index (χ1v) is 10.1. The second kappa shape index (κ2) is 8.27. The van der Waals surface area contributed by atoms with Crippen LogP contribution in [0.4, 0.5) is 0 Å². The smallest absolute Gasteiger partial charge is 0.230 e. The van der Waals surface area contributed by atoms with Crippen LogP contribution in [0.5, 0.6) is 0 Å². The molecule has 0 fully saturated rings. The molecule has 0 radical (unpaired) electrons. The summed E-state index contributed by atoms with van der Waals surface area (Å²) in [4.78, 5) is 12.4. The number of fused-ring (bicyclic) bond motifs is 1. The zero-order chi connectivity index (χ0) is 19.3. The lowest BCUT2D eigenvalue weighted by molar-refractivity contribution is -0.119. The van der Waals surface area contributed by atoms with Gasteiger partial charge in [-0.25, -0.2) is 0 Å². The Hall–Kier alpha value is -3.12. The number of thioether (sulfide) groups is 1. The van der Waals surface area contributed by atoms with Gasteiger partial charge in [-0.3, -0.25) is 9.36 Å². The summed E-state index contributed by atoms with van der Waals surface area (Å²) in [5.74, 6) is 0.247. The molecule has 0 aliphatic heterocycles. The van der Waals surface area contributed by atoms with Crippen molar-refractivity contribution in [1.29, 1.82) is 0 Å². The number of aromatic nitrogens is 3. The molecule has 1 heterocycles. The van der Waals surface area contributed by atoms with E-state index < -0.39 is 0 Å². The van der Waals surface area contributed by atoms with Crippen molar-refractivity contribution >= 4 is 28.4 Å². The summed E-state index contributed by atoms with van der Waals surface area (Å²) in [6.07, 6.45) is 1.66. The highest BCUT2D eigenvalue weighted by atomic mass is 32.2. The second-order valence-electron chi connectivity index (χ2n) is 6.50. The molecular formula is C22H20N4OS. The van der Waals surface area contributed by atoms with Crippen LogP contribution >= 0.6 is 11.8 Å². The molecule has 0 saturated heterocycles. The van der Waals surface area contributed by atoms with Gasteiger partial charge in [0.25, 0.3) is 0 Å². The van der Waals surface area contributed by atoms with Gasteiger partial charge in [0.05, 0.1) is 11.8 Å². The van der Waals surface area contributed by atoms with E-state index >= 15 is 0 Å². The van der Waals surface area contributed by atoms with E-state index in [1.807, 2.05) is 54.0 Å². The highest BCUT2D eigenvalue weighted by Gasteiger charge is 2.13. The van der Waals surface area contributed by atoms with Crippen molar-refractivity contribution in [1.82, 2.24) is 20.1 Å². The Kier molecular flexibility index (Phi) is 5.39. The molecule has 4 rings (SSSR count). The van der Waals surface area contributed by atoms with Gasteiger partial charge in [-0.1, -0.05) is 66.4 Å². The van der Waals surface area contributed by atoms with Gasteiger partial charge in [0.15, 0.2) is 5.16 Å². The maximum absolute atomic E-state index is 12.4. The highest BCUT2D eigenvalue weighted by Crippen LogP contribution is 2.22. The molecule has 1 atom stereocenters. The molecule has 0 aliphatic rings. The number of carbonyl (C=O) groups excluding carboxylic acids is 1. The molecule has 1 amide bonds. The second-order valence-corrected chi connectivity index (χ2v) is 7.45. The van der Waals surface area contributed by atoms with Crippen LogP contribution in [0.15, 0.2) is 84.3 Å². The number of nitrogens with one attached hydrogen (secondary N) is 1. The number of rotatable bonds is 6. The number of benzene rings is 3. The average molecular weight is 388 g/mol. The van der Waals surface area contributed by atoms with E-state index in [-0.39, 0.29) is 17.7 Å². The van der Waals surface area contributed by atoms with Gasteiger partial charge in [0.2, 0.25) is 5.91 Å². The van der Waals surface area contributed by atoms with Gasteiger partial charge in [0, 0.05) is 5.69 Å².